The lowest BCUT2D eigenvalue weighted by Crippen LogP contribution is -2.14. The maximum absolute atomic E-state index is 13.0. The van der Waals surface area contributed by atoms with Crippen molar-refractivity contribution in [3.63, 3.8) is 0 Å². The van der Waals surface area contributed by atoms with Gasteiger partial charge in [-0.25, -0.2) is 0 Å². The van der Waals surface area contributed by atoms with Crippen molar-refractivity contribution in [2.45, 2.75) is 6.92 Å². The molecule has 32 heavy (non-hydrogen) atoms. The first-order valence-corrected chi connectivity index (χ1v) is 9.74. The number of hydrogen-bond acceptors (Lipinski definition) is 5. The van der Waals surface area contributed by atoms with Gasteiger partial charge in [-0.3, -0.25) is 20.2 Å². The average molecular weight is 423 g/mol. The number of anilines is 1. The van der Waals surface area contributed by atoms with E-state index < -0.39 is 10.8 Å². The molecule has 3 aromatic carbocycles. The number of benzene rings is 3. The molecule has 0 fully saturated rings. The highest BCUT2D eigenvalue weighted by Gasteiger charge is 2.25. The summed E-state index contributed by atoms with van der Waals surface area (Å²) < 4.78 is 6.00. The van der Waals surface area contributed by atoms with Crippen LogP contribution in [0.3, 0.4) is 0 Å². The van der Waals surface area contributed by atoms with Crippen LogP contribution in [0, 0.1) is 28.4 Å². The molecule has 0 spiro atoms. The van der Waals surface area contributed by atoms with E-state index in [9.17, 15) is 20.2 Å². The molecule has 0 atom stereocenters. The second kappa shape index (κ2) is 8.58. The molecule has 7 heteroatoms. The van der Waals surface area contributed by atoms with Crippen molar-refractivity contribution in [3.8, 4) is 28.5 Å². The fraction of sp³-hybridized carbons (Fsp3) is 0.0400. The minimum Gasteiger partial charge on any atom is -0.438 e. The predicted molar refractivity (Wildman–Crippen MR) is 120 cm³/mol. The first-order chi connectivity index (χ1) is 15.5. The van der Waals surface area contributed by atoms with Crippen molar-refractivity contribution in [2.75, 3.05) is 5.32 Å². The molecule has 0 saturated heterocycles. The molecule has 0 aliphatic rings. The number of rotatable bonds is 5. The summed E-state index contributed by atoms with van der Waals surface area (Å²) in [6.07, 6.45) is 0. The Kier molecular flexibility index (Phi) is 5.51. The summed E-state index contributed by atoms with van der Waals surface area (Å²) in [5, 5.41) is 23.8. The molecule has 1 aromatic heterocycles. The lowest BCUT2D eigenvalue weighted by molar-refractivity contribution is -0.385. The molecule has 7 nitrogen and oxygen atoms in total. The summed E-state index contributed by atoms with van der Waals surface area (Å²) in [7, 11) is 0. The Morgan fingerprint density at radius 1 is 0.969 bits per heavy atom. The number of amides is 1. The zero-order valence-corrected chi connectivity index (χ0v) is 17.0. The lowest BCUT2D eigenvalue weighted by atomic mass is 9.98. The van der Waals surface area contributed by atoms with Gasteiger partial charge >= 0.3 is 0 Å². The third kappa shape index (κ3) is 3.73. The number of nitriles is 1. The van der Waals surface area contributed by atoms with E-state index in [0.717, 1.165) is 11.1 Å². The summed E-state index contributed by atoms with van der Waals surface area (Å²) >= 11 is 0. The number of carbonyl (C=O) groups is 1. The van der Waals surface area contributed by atoms with Crippen LogP contribution in [0.5, 0.6) is 0 Å². The number of hydrogen-bond donors (Lipinski definition) is 1. The van der Waals surface area contributed by atoms with Crippen LogP contribution in [0.4, 0.5) is 11.6 Å². The Morgan fingerprint density at radius 3 is 2.19 bits per heavy atom. The summed E-state index contributed by atoms with van der Waals surface area (Å²) in [5.74, 6) is -0.170. The smallest absolute Gasteiger partial charge is 0.273 e. The second-order valence-corrected chi connectivity index (χ2v) is 7.02. The van der Waals surface area contributed by atoms with E-state index in [1.807, 2.05) is 60.7 Å². The van der Waals surface area contributed by atoms with Crippen molar-refractivity contribution in [1.82, 2.24) is 0 Å². The van der Waals surface area contributed by atoms with Crippen molar-refractivity contribution in [3.05, 3.63) is 106 Å². The van der Waals surface area contributed by atoms with Gasteiger partial charge in [0.15, 0.2) is 0 Å². The largest absolute Gasteiger partial charge is 0.438 e. The van der Waals surface area contributed by atoms with Gasteiger partial charge in [0, 0.05) is 28.3 Å². The minimum absolute atomic E-state index is 0.0129. The Bertz CT molecular complexity index is 1350. The summed E-state index contributed by atoms with van der Waals surface area (Å²) in [5.41, 5.74) is 2.44. The van der Waals surface area contributed by atoms with Crippen LogP contribution in [0.25, 0.3) is 22.5 Å². The minimum atomic E-state index is -0.601. The van der Waals surface area contributed by atoms with E-state index >= 15 is 0 Å². The van der Waals surface area contributed by atoms with Crippen LogP contribution < -0.4 is 5.32 Å². The molecule has 156 valence electrons. The van der Waals surface area contributed by atoms with Gasteiger partial charge in [0.2, 0.25) is 5.88 Å². The topological polar surface area (TPSA) is 109 Å². The van der Waals surface area contributed by atoms with E-state index in [-0.39, 0.29) is 28.3 Å². The monoisotopic (exact) mass is 423 g/mol. The van der Waals surface area contributed by atoms with Gasteiger partial charge in [-0.15, -0.1) is 0 Å². The molecule has 0 aliphatic carbocycles. The Labute approximate surface area is 183 Å². The van der Waals surface area contributed by atoms with E-state index in [2.05, 4.69) is 11.4 Å². The molecule has 1 amide bonds. The normalized spacial score (nSPS) is 10.4. The number of nitro groups is 1. The number of nitrogens with one attached hydrogen (secondary N) is 1. The zero-order chi connectivity index (χ0) is 22.7. The van der Waals surface area contributed by atoms with Crippen LogP contribution in [0.2, 0.25) is 0 Å². The first-order valence-electron chi connectivity index (χ1n) is 9.74. The zero-order valence-electron chi connectivity index (χ0n) is 17.0. The molecule has 1 heterocycles. The molecule has 0 aliphatic heterocycles. The standard InChI is InChI=1S/C25H17N3O4/c1-16-19(13-8-14-21(16)28(30)31)24(29)27-25-20(15-26)22(17-9-4-2-5-10-17)23(32-25)18-11-6-3-7-12-18/h2-14H,1H3,(H,27,29). The fourth-order valence-corrected chi connectivity index (χ4v) is 3.54. The molecule has 0 unspecified atom stereocenters. The quantitative estimate of drug-likeness (QED) is 0.315. The summed E-state index contributed by atoms with van der Waals surface area (Å²) in [6, 6.07) is 25.0. The van der Waals surface area contributed by atoms with Crippen LogP contribution in [0.1, 0.15) is 21.5 Å². The molecular formula is C25H17N3O4. The maximum atomic E-state index is 13.0. The third-order valence-corrected chi connectivity index (χ3v) is 5.09. The highest BCUT2D eigenvalue weighted by atomic mass is 16.6. The number of furan rings is 1. The van der Waals surface area contributed by atoms with E-state index in [0.29, 0.717) is 11.3 Å². The van der Waals surface area contributed by atoms with Crippen LogP contribution in [0.15, 0.2) is 83.3 Å². The van der Waals surface area contributed by atoms with E-state index in [1.54, 1.807) is 0 Å². The number of nitrogens with zero attached hydrogens (tertiary/aromatic N) is 2. The van der Waals surface area contributed by atoms with Gasteiger partial charge in [0.05, 0.1) is 4.92 Å². The van der Waals surface area contributed by atoms with Gasteiger partial charge in [0.25, 0.3) is 11.6 Å². The van der Waals surface area contributed by atoms with Crippen LogP contribution in [-0.4, -0.2) is 10.8 Å². The van der Waals surface area contributed by atoms with E-state index in [4.69, 9.17) is 4.42 Å². The Hall–Kier alpha value is -4.70. The van der Waals surface area contributed by atoms with Gasteiger partial charge in [-0.05, 0) is 18.6 Å². The highest BCUT2D eigenvalue weighted by Crippen LogP contribution is 2.41. The first kappa shape index (κ1) is 20.6. The molecule has 0 bridgehead atoms. The highest BCUT2D eigenvalue weighted by molar-refractivity contribution is 6.06. The van der Waals surface area contributed by atoms with Gasteiger partial charge in [0.1, 0.15) is 17.4 Å². The predicted octanol–water partition coefficient (Wildman–Crippen LogP) is 5.95. The van der Waals surface area contributed by atoms with Crippen LogP contribution in [-0.2, 0) is 0 Å². The average Bonchev–Trinajstić information content (AvgIpc) is 3.18. The SMILES string of the molecule is Cc1c(C(=O)Nc2oc(-c3ccccc3)c(-c3ccccc3)c2C#N)cccc1[N+](=O)[O-]. The molecular weight excluding hydrogens is 406 g/mol. The molecule has 0 radical (unpaired) electrons. The third-order valence-electron chi connectivity index (χ3n) is 5.09. The lowest BCUT2D eigenvalue weighted by Gasteiger charge is -2.06. The van der Waals surface area contributed by atoms with Crippen molar-refractivity contribution in [2.24, 2.45) is 0 Å². The van der Waals surface area contributed by atoms with Crippen LogP contribution >= 0.6 is 0 Å². The maximum Gasteiger partial charge on any atom is 0.273 e. The van der Waals surface area contributed by atoms with Gasteiger partial charge < -0.3 is 4.42 Å². The molecule has 0 saturated carbocycles. The number of carbonyl (C=O) groups excluding carboxylic acids is 1. The Balaban J connectivity index is 1.83. The van der Waals surface area contributed by atoms with Gasteiger partial charge in [-0.2, -0.15) is 5.26 Å². The molecule has 4 aromatic rings. The van der Waals surface area contributed by atoms with Crippen molar-refractivity contribution in [1.29, 1.82) is 5.26 Å². The number of nitro benzene ring substituents is 1. The molecule has 1 N–H and O–H groups in total. The summed E-state index contributed by atoms with van der Waals surface area (Å²) in [6.45, 7) is 1.51. The summed E-state index contributed by atoms with van der Waals surface area (Å²) in [4.78, 5) is 23.7. The van der Waals surface area contributed by atoms with Crippen molar-refractivity contribution >= 4 is 17.5 Å². The molecule has 4 rings (SSSR count). The second-order valence-electron chi connectivity index (χ2n) is 7.02. The van der Waals surface area contributed by atoms with E-state index in [1.165, 1.54) is 25.1 Å². The van der Waals surface area contributed by atoms with Gasteiger partial charge in [-0.1, -0.05) is 66.7 Å². The Morgan fingerprint density at radius 2 is 1.59 bits per heavy atom. The fourth-order valence-electron chi connectivity index (χ4n) is 3.54. The van der Waals surface area contributed by atoms with Crippen molar-refractivity contribution < 1.29 is 14.1 Å².